The van der Waals surface area contributed by atoms with E-state index < -0.39 is 0 Å². The van der Waals surface area contributed by atoms with Crippen LogP contribution in [0.3, 0.4) is 0 Å². The zero-order chi connectivity index (χ0) is 17.8. The minimum absolute atomic E-state index is 0.0482. The molecule has 1 saturated heterocycles. The maximum atomic E-state index is 12.6. The van der Waals surface area contributed by atoms with Gasteiger partial charge in [0, 0.05) is 24.6 Å². The molecule has 8 nitrogen and oxygen atoms in total. The highest BCUT2D eigenvalue weighted by Crippen LogP contribution is 2.27. The van der Waals surface area contributed by atoms with Gasteiger partial charge in [-0.25, -0.2) is 9.48 Å². The molecule has 3 rings (SSSR count). The van der Waals surface area contributed by atoms with Crippen LogP contribution in [0.25, 0.3) is 11.4 Å². The number of urea groups is 1. The highest BCUT2D eigenvalue weighted by atomic mass is 16.2. The lowest BCUT2D eigenvalue weighted by atomic mass is 9.99. The van der Waals surface area contributed by atoms with Crippen molar-refractivity contribution in [3.05, 3.63) is 24.3 Å². The van der Waals surface area contributed by atoms with Crippen molar-refractivity contribution in [2.75, 3.05) is 18.4 Å². The van der Waals surface area contributed by atoms with E-state index in [2.05, 4.69) is 26.9 Å². The van der Waals surface area contributed by atoms with Crippen molar-refractivity contribution in [3.63, 3.8) is 0 Å². The summed E-state index contributed by atoms with van der Waals surface area (Å²) >= 11 is 0. The van der Waals surface area contributed by atoms with Gasteiger partial charge < -0.3 is 10.2 Å². The highest BCUT2D eigenvalue weighted by molar-refractivity contribution is 5.93. The molecule has 1 aliphatic heterocycles. The molecule has 2 aromatic rings. The number of nitrogens with zero attached hydrogens (tertiary/aromatic N) is 6. The van der Waals surface area contributed by atoms with Crippen molar-refractivity contribution in [3.8, 4) is 17.5 Å². The molecule has 0 radical (unpaired) electrons. The monoisotopic (exact) mass is 339 g/mol. The normalized spacial score (nSPS) is 15.2. The number of carbonyl (C=O) groups excluding carboxylic acids is 1. The Labute approximate surface area is 146 Å². The van der Waals surface area contributed by atoms with Gasteiger partial charge in [-0.05, 0) is 49.2 Å². The van der Waals surface area contributed by atoms with Crippen molar-refractivity contribution in [2.24, 2.45) is 5.92 Å². The molecule has 1 aromatic heterocycles. The second-order valence-corrected chi connectivity index (χ2v) is 6.41. The number of hydrogen-bond donors (Lipinski definition) is 1. The van der Waals surface area contributed by atoms with Crippen LogP contribution in [0, 0.1) is 17.2 Å². The Bertz CT molecular complexity index is 784. The van der Waals surface area contributed by atoms with E-state index in [4.69, 9.17) is 5.26 Å². The Balaban J connectivity index is 1.79. The number of rotatable bonds is 3. The van der Waals surface area contributed by atoms with Crippen LogP contribution < -0.4 is 5.32 Å². The zero-order valence-electron chi connectivity index (χ0n) is 14.4. The molecule has 2 heterocycles. The number of hydrogen-bond acceptors (Lipinski definition) is 5. The summed E-state index contributed by atoms with van der Waals surface area (Å²) in [5, 5.41) is 23.8. The maximum absolute atomic E-state index is 12.6. The quantitative estimate of drug-likeness (QED) is 0.926. The summed E-state index contributed by atoms with van der Waals surface area (Å²) in [6.45, 7) is 5.19. The van der Waals surface area contributed by atoms with E-state index in [0.29, 0.717) is 24.6 Å². The number of aromatic nitrogens is 4. The molecule has 8 heteroatoms. The van der Waals surface area contributed by atoms with E-state index in [1.807, 2.05) is 38.1 Å². The van der Waals surface area contributed by atoms with Crippen LogP contribution in [0.4, 0.5) is 10.5 Å². The van der Waals surface area contributed by atoms with Gasteiger partial charge in [-0.3, -0.25) is 0 Å². The van der Waals surface area contributed by atoms with Crippen LogP contribution >= 0.6 is 0 Å². The zero-order valence-corrected chi connectivity index (χ0v) is 14.4. The molecule has 0 saturated carbocycles. The molecule has 1 N–H and O–H groups in total. The third-order valence-electron chi connectivity index (χ3n) is 4.36. The Morgan fingerprint density at radius 3 is 2.72 bits per heavy atom. The van der Waals surface area contributed by atoms with Gasteiger partial charge in [0.25, 0.3) is 0 Å². The summed E-state index contributed by atoms with van der Waals surface area (Å²) in [7, 11) is 0. The number of carbonyl (C=O) groups is 1. The number of tetrazole rings is 1. The Morgan fingerprint density at radius 1 is 1.32 bits per heavy atom. The summed E-state index contributed by atoms with van der Waals surface area (Å²) < 4.78 is 1.73. The van der Waals surface area contributed by atoms with Crippen molar-refractivity contribution in [1.82, 2.24) is 25.1 Å². The van der Waals surface area contributed by atoms with Gasteiger partial charge in [0.05, 0.1) is 17.8 Å². The lowest BCUT2D eigenvalue weighted by Gasteiger charge is -2.29. The summed E-state index contributed by atoms with van der Waals surface area (Å²) in [4.78, 5) is 14.3. The largest absolute Gasteiger partial charge is 0.324 e. The number of anilines is 1. The minimum Gasteiger partial charge on any atom is -0.324 e. The Morgan fingerprint density at radius 2 is 2.04 bits per heavy atom. The first-order chi connectivity index (χ1) is 12.1. The van der Waals surface area contributed by atoms with E-state index in [0.717, 1.165) is 18.4 Å². The van der Waals surface area contributed by atoms with Crippen molar-refractivity contribution in [1.29, 1.82) is 5.26 Å². The predicted octanol–water partition coefficient (Wildman–Crippen LogP) is 2.69. The molecule has 0 spiro atoms. The van der Waals surface area contributed by atoms with E-state index in [9.17, 15) is 4.79 Å². The van der Waals surface area contributed by atoms with E-state index in [1.54, 1.807) is 9.58 Å². The van der Waals surface area contributed by atoms with E-state index >= 15 is 0 Å². The molecule has 1 fully saturated rings. The molecule has 0 atom stereocenters. The number of benzene rings is 1. The molecule has 25 heavy (non-hydrogen) atoms. The molecular weight excluding hydrogens is 318 g/mol. The molecule has 0 unspecified atom stereocenters. The second kappa shape index (κ2) is 7.30. The number of para-hydroxylation sites is 1. The average Bonchev–Trinajstić information content (AvgIpc) is 3.12. The van der Waals surface area contributed by atoms with Gasteiger partial charge in [0.2, 0.25) is 0 Å². The number of amides is 2. The third kappa shape index (κ3) is 3.60. The number of piperidine rings is 1. The topological polar surface area (TPSA) is 99.7 Å². The number of nitrogens with one attached hydrogen (secondary N) is 1. The third-order valence-corrected chi connectivity index (χ3v) is 4.36. The number of nitriles is 1. The minimum atomic E-state index is -0.160. The molecule has 1 aromatic carbocycles. The second-order valence-electron chi connectivity index (χ2n) is 6.41. The van der Waals surface area contributed by atoms with Gasteiger partial charge in [-0.15, -0.1) is 5.10 Å². The lowest BCUT2D eigenvalue weighted by Crippen LogP contribution is -2.40. The standard InChI is InChI=1S/C17H21N7O/c1-12(2)24-16(20-21-22-24)14-5-3-4-6-15(14)19-17(25)23-9-7-13(11-18)8-10-23/h3-6,12-13H,7-10H2,1-2H3,(H,19,25). The predicted molar refractivity (Wildman–Crippen MR) is 92.6 cm³/mol. The first kappa shape index (κ1) is 16.9. The van der Waals surface area contributed by atoms with Gasteiger partial charge in [-0.2, -0.15) is 5.26 Å². The van der Waals surface area contributed by atoms with Crippen LogP contribution in [0.1, 0.15) is 32.7 Å². The number of likely N-dealkylation sites (tertiary alicyclic amines) is 1. The first-order valence-electron chi connectivity index (χ1n) is 8.43. The smallest absolute Gasteiger partial charge is 0.321 e. The molecule has 0 bridgehead atoms. The summed E-state index contributed by atoms with van der Waals surface area (Å²) in [6, 6.07) is 9.71. The van der Waals surface area contributed by atoms with Gasteiger partial charge in [0.15, 0.2) is 5.82 Å². The van der Waals surface area contributed by atoms with Crippen LogP contribution in [-0.4, -0.2) is 44.2 Å². The van der Waals surface area contributed by atoms with Gasteiger partial charge in [0.1, 0.15) is 0 Å². The van der Waals surface area contributed by atoms with E-state index in [1.165, 1.54) is 0 Å². The first-order valence-corrected chi connectivity index (χ1v) is 8.43. The highest BCUT2D eigenvalue weighted by Gasteiger charge is 2.23. The van der Waals surface area contributed by atoms with E-state index in [-0.39, 0.29) is 18.0 Å². The average molecular weight is 339 g/mol. The fourth-order valence-electron chi connectivity index (χ4n) is 2.91. The fourth-order valence-corrected chi connectivity index (χ4v) is 2.91. The molecule has 0 aliphatic carbocycles. The molecule has 2 amide bonds. The van der Waals surface area contributed by atoms with Crippen LogP contribution in [0.15, 0.2) is 24.3 Å². The molecule has 1 aliphatic rings. The Kier molecular flexibility index (Phi) is 4.93. The van der Waals surface area contributed by atoms with Crippen LogP contribution in [0.5, 0.6) is 0 Å². The summed E-state index contributed by atoms with van der Waals surface area (Å²) in [5.74, 6) is 0.668. The molecule has 130 valence electrons. The van der Waals surface area contributed by atoms with Crippen LogP contribution in [-0.2, 0) is 0 Å². The van der Waals surface area contributed by atoms with Gasteiger partial charge in [-0.1, -0.05) is 12.1 Å². The van der Waals surface area contributed by atoms with Crippen molar-refractivity contribution in [2.45, 2.75) is 32.7 Å². The summed E-state index contributed by atoms with van der Waals surface area (Å²) in [5.41, 5.74) is 1.45. The molecular formula is C17H21N7O. The Hall–Kier alpha value is -2.95. The van der Waals surface area contributed by atoms with Gasteiger partial charge >= 0.3 is 6.03 Å². The maximum Gasteiger partial charge on any atom is 0.321 e. The fraction of sp³-hybridized carbons (Fsp3) is 0.471. The van der Waals surface area contributed by atoms with Crippen LogP contribution in [0.2, 0.25) is 0 Å². The summed E-state index contributed by atoms with van der Waals surface area (Å²) in [6.07, 6.45) is 1.44. The lowest BCUT2D eigenvalue weighted by molar-refractivity contribution is 0.192. The van der Waals surface area contributed by atoms with Crippen molar-refractivity contribution < 1.29 is 4.79 Å². The van der Waals surface area contributed by atoms with Crippen molar-refractivity contribution >= 4 is 11.7 Å². The SMILES string of the molecule is CC(C)n1nnnc1-c1ccccc1NC(=O)N1CCC(C#N)CC1.